The molecule has 0 saturated carbocycles. The van der Waals surface area contributed by atoms with E-state index in [9.17, 15) is 12.8 Å². The molecular formula is C19H15FN2O3S. The Morgan fingerprint density at radius 2 is 1.92 bits per heavy atom. The molecule has 132 valence electrons. The van der Waals surface area contributed by atoms with Crippen molar-refractivity contribution in [2.75, 3.05) is 0 Å². The Labute approximate surface area is 149 Å². The third-order valence-electron chi connectivity index (χ3n) is 4.33. The summed E-state index contributed by atoms with van der Waals surface area (Å²) in [6.07, 6.45) is 1.34. The quantitative estimate of drug-likeness (QED) is 0.588. The fourth-order valence-electron chi connectivity index (χ4n) is 3.05. The number of fused-ring (bicyclic) bond motifs is 1. The summed E-state index contributed by atoms with van der Waals surface area (Å²) in [6, 6.07) is 12.5. The number of aryl methyl sites for hydroxylation is 1. The standard InChI is InChI=1S/C19H15FN2O3S/c1-12-15(16-9-13(20)7-8-17(16)22-12)10-18-19(25-11-21-18)26(23,24)14-5-3-2-4-6-14/h2-9,11,22H,10H2,1H3. The Morgan fingerprint density at radius 3 is 2.69 bits per heavy atom. The molecule has 26 heavy (non-hydrogen) atoms. The molecule has 0 spiro atoms. The Morgan fingerprint density at radius 1 is 1.15 bits per heavy atom. The van der Waals surface area contributed by atoms with Crippen molar-refractivity contribution in [3.05, 3.63) is 77.7 Å². The molecule has 0 atom stereocenters. The maximum Gasteiger partial charge on any atom is 0.246 e. The fraction of sp³-hybridized carbons (Fsp3) is 0.105. The topological polar surface area (TPSA) is 76.0 Å². The molecule has 0 aliphatic rings. The molecule has 2 aromatic carbocycles. The van der Waals surface area contributed by atoms with E-state index in [2.05, 4.69) is 9.97 Å². The molecule has 4 aromatic rings. The van der Waals surface area contributed by atoms with E-state index in [1.807, 2.05) is 6.92 Å². The van der Waals surface area contributed by atoms with Crippen LogP contribution in [-0.4, -0.2) is 18.4 Å². The van der Waals surface area contributed by atoms with Crippen molar-refractivity contribution in [1.82, 2.24) is 9.97 Å². The van der Waals surface area contributed by atoms with Gasteiger partial charge in [0, 0.05) is 23.0 Å². The van der Waals surface area contributed by atoms with Crippen LogP contribution < -0.4 is 0 Å². The van der Waals surface area contributed by atoms with Gasteiger partial charge in [0.2, 0.25) is 14.9 Å². The van der Waals surface area contributed by atoms with Crippen molar-refractivity contribution >= 4 is 20.7 Å². The van der Waals surface area contributed by atoms with Gasteiger partial charge in [-0.2, -0.15) is 0 Å². The van der Waals surface area contributed by atoms with Crippen molar-refractivity contribution in [3.8, 4) is 0 Å². The fourth-order valence-corrected chi connectivity index (χ4v) is 4.39. The summed E-state index contributed by atoms with van der Waals surface area (Å²) in [4.78, 5) is 7.42. The number of oxazole rings is 1. The van der Waals surface area contributed by atoms with Gasteiger partial charge in [0.1, 0.15) is 11.5 Å². The maximum atomic E-state index is 13.7. The van der Waals surface area contributed by atoms with E-state index < -0.39 is 9.84 Å². The molecule has 0 radical (unpaired) electrons. The van der Waals surface area contributed by atoms with Crippen LogP contribution in [-0.2, 0) is 16.3 Å². The summed E-state index contributed by atoms with van der Waals surface area (Å²) >= 11 is 0. The van der Waals surface area contributed by atoms with Gasteiger partial charge >= 0.3 is 0 Å². The molecule has 7 heteroatoms. The first-order valence-electron chi connectivity index (χ1n) is 7.96. The number of hydrogen-bond donors (Lipinski definition) is 1. The third-order valence-corrected chi connectivity index (χ3v) is 6.04. The van der Waals surface area contributed by atoms with E-state index in [1.165, 1.54) is 24.3 Å². The second-order valence-electron chi connectivity index (χ2n) is 6.00. The predicted molar refractivity (Wildman–Crippen MR) is 94.2 cm³/mol. The highest BCUT2D eigenvalue weighted by molar-refractivity contribution is 7.91. The summed E-state index contributed by atoms with van der Waals surface area (Å²) in [7, 11) is -3.82. The van der Waals surface area contributed by atoms with Gasteiger partial charge in [-0.25, -0.2) is 17.8 Å². The first-order chi connectivity index (χ1) is 12.5. The van der Waals surface area contributed by atoms with Gasteiger partial charge in [0.25, 0.3) is 0 Å². The minimum absolute atomic E-state index is 0.139. The second kappa shape index (κ2) is 6.10. The van der Waals surface area contributed by atoms with Gasteiger partial charge in [0.05, 0.1) is 4.90 Å². The van der Waals surface area contributed by atoms with Gasteiger partial charge in [-0.05, 0) is 42.8 Å². The molecule has 4 rings (SSSR count). The number of sulfone groups is 1. The zero-order valence-electron chi connectivity index (χ0n) is 13.9. The lowest BCUT2D eigenvalue weighted by Gasteiger charge is -2.04. The van der Waals surface area contributed by atoms with Crippen LogP contribution in [0.5, 0.6) is 0 Å². The van der Waals surface area contributed by atoms with E-state index in [0.29, 0.717) is 11.1 Å². The zero-order chi connectivity index (χ0) is 18.3. The molecule has 5 nitrogen and oxygen atoms in total. The van der Waals surface area contributed by atoms with Crippen molar-refractivity contribution in [2.24, 2.45) is 0 Å². The van der Waals surface area contributed by atoms with Crippen LogP contribution in [0, 0.1) is 12.7 Å². The van der Waals surface area contributed by atoms with Crippen LogP contribution in [0.3, 0.4) is 0 Å². The second-order valence-corrected chi connectivity index (χ2v) is 7.85. The molecule has 2 aromatic heterocycles. The van der Waals surface area contributed by atoms with Crippen LogP contribution in [0.25, 0.3) is 10.9 Å². The van der Waals surface area contributed by atoms with E-state index in [-0.39, 0.29) is 22.2 Å². The van der Waals surface area contributed by atoms with E-state index in [1.54, 1.807) is 24.3 Å². The Kier molecular flexibility index (Phi) is 3.88. The molecule has 0 unspecified atom stereocenters. The minimum Gasteiger partial charge on any atom is -0.431 e. The predicted octanol–water partition coefficient (Wildman–Crippen LogP) is 4.03. The molecule has 0 amide bonds. The molecule has 0 saturated heterocycles. The number of benzene rings is 2. The van der Waals surface area contributed by atoms with Crippen molar-refractivity contribution in [3.63, 3.8) is 0 Å². The van der Waals surface area contributed by atoms with Gasteiger partial charge in [0.15, 0.2) is 6.39 Å². The largest absolute Gasteiger partial charge is 0.431 e. The third kappa shape index (κ3) is 2.70. The number of H-pyrrole nitrogens is 1. The summed E-state index contributed by atoms with van der Waals surface area (Å²) < 4.78 is 44.6. The number of aromatic nitrogens is 2. The van der Waals surface area contributed by atoms with Gasteiger partial charge in [-0.3, -0.25) is 0 Å². The van der Waals surface area contributed by atoms with Gasteiger partial charge < -0.3 is 9.40 Å². The normalized spacial score (nSPS) is 11.9. The number of hydrogen-bond acceptors (Lipinski definition) is 4. The first-order valence-corrected chi connectivity index (χ1v) is 9.44. The van der Waals surface area contributed by atoms with Gasteiger partial charge in [-0.15, -0.1) is 0 Å². The molecule has 0 aliphatic heterocycles. The van der Waals surface area contributed by atoms with E-state index >= 15 is 0 Å². The number of halogens is 1. The van der Waals surface area contributed by atoms with Crippen LogP contribution in [0.15, 0.2) is 69.3 Å². The lowest BCUT2D eigenvalue weighted by Crippen LogP contribution is -2.05. The number of aromatic amines is 1. The molecule has 0 aliphatic carbocycles. The van der Waals surface area contributed by atoms with Crippen molar-refractivity contribution in [1.29, 1.82) is 0 Å². The number of nitrogens with zero attached hydrogens (tertiary/aromatic N) is 1. The summed E-state index contributed by atoms with van der Waals surface area (Å²) in [6.45, 7) is 1.86. The van der Waals surface area contributed by atoms with Crippen LogP contribution >= 0.6 is 0 Å². The lowest BCUT2D eigenvalue weighted by molar-refractivity contribution is 0.442. The highest BCUT2D eigenvalue weighted by Gasteiger charge is 2.27. The highest BCUT2D eigenvalue weighted by Crippen LogP contribution is 2.29. The van der Waals surface area contributed by atoms with Crippen molar-refractivity contribution in [2.45, 2.75) is 23.3 Å². The molecule has 0 fully saturated rings. The van der Waals surface area contributed by atoms with Crippen LogP contribution in [0.2, 0.25) is 0 Å². The summed E-state index contributed by atoms with van der Waals surface area (Å²) in [5.41, 5.74) is 2.70. The van der Waals surface area contributed by atoms with Crippen molar-refractivity contribution < 1.29 is 17.2 Å². The molecular weight excluding hydrogens is 355 g/mol. The molecule has 0 bridgehead atoms. The van der Waals surface area contributed by atoms with Crippen LogP contribution in [0.1, 0.15) is 17.0 Å². The average molecular weight is 370 g/mol. The average Bonchev–Trinajstić information content (AvgIpc) is 3.22. The molecule has 1 N–H and O–H groups in total. The summed E-state index contributed by atoms with van der Waals surface area (Å²) in [5, 5.41) is 0.516. The minimum atomic E-state index is -3.82. The monoisotopic (exact) mass is 370 g/mol. The van der Waals surface area contributed by atoms with Gasteiger partial charge in [-0.1, -0.05) is 18.2 Å². The number of rotatable bonds is 4. The first kappa shape index (κ1) is 16.5. The Balaban J connectivity index is 1.80. The maximum absolute atomic E-state index is 13.7. The van der Waals surface area contributed by atoms with E-state index in [0.717, 1.165) is 23.2 Å². The Hall–Kier alpha value is -2.93. The highest BCUT2D eigenvalue weighted by atomic mass is 32.2. The van der Waals surface area contributed by atoms with Crippen LogP contribution in [0.4, 0.5) is 4.39 Å². The lowest BCUT2D eigenvalue weighted by atomic mass is 10.1. The summed E-state index contributed by atoms with van der Waals surface area (Å²) in [5.74, 6) is -0.352. The zero-order valence-corrected chi connectivity index (χ0v) is 14.7. The number of nitrogens with one attached hydrogen (secondary N) is 1. The smallest absolute Gasteiger partial charge is 0.246 e. The molecule has 2 heterocycles. The SMILES string of the molecule is Cc1[nH]c2ccc(F)cc2c1Cc1ncoc1S(=O)(=O)c1ccccc1. The van der Waals surface area contributed by atoms with E-state index in [4.69, 9.17) is 4.42 Å². The Bertz CT molecular complexity index is 1190.